The Labute approximate surface area is 212 Å². The van der Waals surface area contributed by atoms with E-state index >= 15 is 0 Å². The zero-order valence-corrected chi connectivity index (χ0v) is 20.9. The molecule has 4 rings (SSSR count). The van der Waals surface area contributed by atoms with E-state index in [2.05, 4.69) is 20.9 Å². The molecule has 3 atom stereocenters. The van der Waals surface area contributed by atoms with Crippen LogP contribution in [-0.4, -0.2) is 48.3 Å². The summed E-state index contributed by atoms with van der Waals surface area (Å²) in [6.45, 7) is 1.92. The van der Waals surface area contributed by atoms with Gasteiger partial charge in [0.2, 0.25) is 5.91 Å². The molecule has 1 aliphatic heterocycles. The predicted octanol–water partition coefficient (Wildman–Crippen LogP) is 3.61. The number of para-hydroxylation sites is 1. The van der Waals surface area contributed by atoms with Crippen LogP contribution in [-0.2, 0) is 20.7 Å². The second-order valence-corrected chi connectivity index (χ2v) is 9.38. The molecular weight excluding hydrogens is 458 g/mol. The van der Waals surface area contributed by atoms with Crippen LogP contribution in [0, 0.1) is 5.92 Å². The summed E-state index contributed by atoms with van der Waals surface area (Å²) in [5.41, 5.74) is 1.41. The Bertz CT molecular complexity index is 1050. The summed E-state index contributed by atoms with van der Waals surface area (Å²) in [5, 5.41) is 8.76. The molecule has 9 nitrogen and oxygen atoms in total. The quantitative estimate of drug-likeness (QED) is 0.518. The Morgan fingerprint density at radius 2 is 1.83 bits per heavy atom. The lowest BCUT2D eigenvalue weighted by molar-refractivity contribution is -0.131. The third-order valence-corrected chi connectivity index (χ3v) is 7.04. The predicted molar refractivity (Wildman–Crippen MR) is 137 cm³/mol. The number of nitrogens with one attached hydrogen (secondary N) is 3. The molecule has 1 saturated carbocycles. The number of rotatable bonds is 8. The number of ether oxygens (including phenoxy) is 1. The van der Waals surface area contributed by atoms with Crippen molar-refractivity contribution in [2.24, 2.45) is 5.92 Å². The fourth-order valence-corrected chi connectivity index (χ4v) is 5.13. The number of amides is 3. The first-order valence-electron chi connectivity index (χ1n) is 12.8. The number of hydrogen-bond acceptors (Lipinski definition) is 6. The van der Waals surface area contributed by atoms with Crippen molar-refractivity contribution in [2.75, 3.05) is 17.3 Å². The smallest absolute Gasteiger partial charge is 0.413 e. The summed E-state index contributed by atoms with van der Waals surface area (Å²) < 4.78 is 5.75. The average molecular weight is 494 g/mol. The molecular formula is C27H35N5O4. The first-order valence-corrected chi connectivity index (χ1v) is 12.8. The van der Waals surface area contributed by atoms with Crippen LogP contribution >= 0.6 is 0 Å². The number of fused-ring (bicyclic) bond motifs is 1. The lowest BCUT2D eigenvalue weighted by atomic mass is 9.83. The first-order chi connectivity index (χ1) is 17.5. The van der Waals surface area contributed by atoms with E-state index in [-0.39, 0.29) is 17.7 Å². The van der Waals surface area contributed by atoms with Crippen LogP contribution in [0.3, 0.4) is 0 Å². The fourth-order valence-electron chi connectivity index (χ4n) is 5.13. The summed E-state index contributed by atoms with van der Waals surface area (Å²) in [5.74, 6) is -0.0216. The number of nitrogens with zero attached hydrogens (tertiary/aromatic N) is 2. The normalized spacial score (nSPS) is 19.2. The molecule has 0 unspecified atom stereocenters. The van der Waals surface area contributed by atoms with Gasteiger partial charge in [-0.2, -0.15) is 0 Å². The minimum absolute atomic E-state index is 0.0103. The third kappa shape index (κ3) is 5.84. The number of carbonyl (C=O) groups is 3. The van der Waals surface area contributed by atoms with Crippen molar-refractivity contribution < 1.29 is 19.1 Å². The van der Waals surface area contributed by atoms with Crippen molar-refractivity contribution in [3.8, 4) is 0 Å². The van der Waals surface area contributed by atoms with Crippen LogP contribution in [0.5, 0.6) is 0 Å². The number of benzene rings is 1. The highest BCUT2D eigenvalue weighted by Gasteiger charge is 2.43. The van der Waals surface area contributed by atoms with Crippen molar-refractivity contribution >= 4 is 29.4 Å². The summed E-state index contributed by atoms with van der Waals surface area (Å²) in [6, 6.07) is 11.6. The van der Waals surface area contributed by atoms with Gasteiger partial charge in [0, 0.05) is 23.9 Å². The van der Waals surface area contributed by atoms with E-state index in [9.17, 15) is 14.4 Å². The lowest BCUT2D eigenvalue weighted by Gasteiger charge is -2.35. The van der Waals surface area contributed by atoms with Gasteiger partial charge in [-0.15, -0.1) is 0 Å². The van der Waals surface area contributed by atoms with Gasteiger partial charge in [-0.3, -0.25) is 19.8 Å². The zero-order chi connectivity index (χ0) is 25.5. The molecule has 9 heteroatoms. The van der Waals surface area contributed by atoms with Crippen molar-refractivity contribution in [3.05, 3.63) is 54.2 Å². The summed E-state index contributed by atoms with van der Waals surface area (Å²) >= 11 is 0. The summed E-state index contributed by atoms with van der Waals surface area (Å²) in [7, 11) is 1.74. The SMILES string of the molecule is CC[C@H](NC)C(=O)N[C@H](C(=O)N1c2ncccc2C[C@H]1OC(=O)Nc1ccccc1)C1CCCCC1. The zero-order valence-electron chi connectivity index (χ0n) is 20.9. The van der Waals surface area contributed by atoms with Crippen LogP contribution < -0.4 is 20.9 Å². The molecule has 192 valence electrons. The minimum Gasteiger partial charge on any atom is -0.424 e. The maximum Gasteiger partial charge on any atom is 0.413 e. The molecule has 1 fully saturated rings. The minimum atomic E-state index is -0.861. The molecule has 0 bridgehead atoms. The van der Waals surface area contributed by atoms with Crippen molar-refractivity contribution in [1.29, 1.82) is 0 Å². The van der Waals surface area contributed by atoms with Crippen LogP contribution in [0.1, 0.15) is 51.0 Å². The van der Waals surface area contributed by atoms with Crippen molar-refractivity contribution in [1.82, 2.24) is 15.6 Å². The fraction of sp³-hybridized carbons (Fsp3) is 0.481. The second kappa shape index (κ2) is 12.0. The highest BCUT2D eigenvalue weighted by atomic mass is 16.6. The van der Waals surface area contributed by atoms with Gasteiger partial charge in [-0.25, -0.2) is 9.78 Å². The van der Waals surface area contributed by atoms with Crippen molar-refractivity contribution in [2.45, 2.75) is 70.2 Å². The van der Waals surface area contributed by atoms with Gasteiger partial charge in [0.25, 0.3) is 5.91 Å². The second-order valence-electron chi connectivity index (χ2n) is 9.38. The van der Waals surface area contributed by atoms with Gasteiger partial charge in [0.1, 0.15) is 11.9 Å². The molecule has 3 amide bonds. The Balaban J connectivity index is 1.59. The highest BCUT2D eigenvalue weighted by molar-refractivity contribution is 6.01. The third-order valence-electron chi connectivity index (χ3n) is 7.04. The molecule has 1 aromatic heterocycles. The van der Waals surface area contributed by atoms with E-state index in [1.165, 1.54) is 4.90 Å². The number of carbonyl (C=O) groups excluding carboxylic acids is 3. The topological polar surface area (TPSA) is 113 Å². The summed E-state index contributed by atoms with van der Waals surface area (Å²) in [4.78, 5) is 45.8. The van der Waals surface area contributed by atoms with E-state index in [0.717, 1.165) is 37.7 Å². The van der Waals surface area contributed by atoms with Gasteiger partial charge >= 0.3 is 6.09 Å². The maximum absolute atomic E-state index is 14.1. The van der Waals surface area contributed by atoms with Crippen LogP contribution in [0.4, 0.5) is 16.3 Å². The molecule has 3 N–H and O–H groups in total. The first kappa shape index (κ1) is 25.6. The van der Waals surface area contributed by atoms with Gasteiger partial charge in [-0.1, -0.05) is 50.5 Å². The Hall–Kier alpha value is -3.46. The molecule has 36 heavy (non-hydrogen) atoms. The lowest BCUT2D eigenvalue weighted by Crippen LogP contribution is -2.58. The molecule has 2 heterocycles. The molecule has 2 aliphatic rings. The monoisotopic (exact) mass is 493 g/mol. The van der Waals surface area contributed by atoms with Crippen molar-refractivity contribution in [3.63, 3.8) is 0 Å². The van der Waals surface area contributed by atoms with E-state index < -0.39 is 24.4 Å². The Morgan fingerprint density at radius 3 is 2.53 bits per heavy atom. The Morgan fingerprint density at radius 1 is 1.08 bits per heavy atom. The molecule has 1 aromatic carbocycles. The summed E-state index contributed by atoms with van der Waals surface area (Å²) in [6.07, 6.45) is 5.91. The Kier molecular flexibility index (Phi) is 8.53. The van der Waals surface area contributed by atoms with E-state index in [0.29, 0.717) is 24.3 Å². The number of pyridine rings is 1. The molecule has 0 spiro atoms. The standard InChI is InChI=1S/C27H35N5O4/c1-3-21(28-2)25(33)31-23(18-11-6-4-7-12-18)26(34)32-22(17-19-13-10-16-29-24(19)32)36-27(35)30-20-14-8-5-9-15-20/h5,8-10,13-16,18,21-23,28H,3-4,6-7,11-12,17H2,1-2H3,(H,30,35)(H,31,33)/t21-,22+,23-/m0/s1. The van der Waals surface area contributed by atoms with Gasteiger partial charge in [-0.05, 0) is 50.4 Å². The number of anilines is 2. The number of hydrogen-bond donors (Lipinski definition) is 3. The highest BCUT2D eigenvalue weighted by Crippen LogP contribution is 2.34. The van der Waals surface area contributed by atoms with Gasteiger partial charge in [0.05, 0.1) is 6.04 Å². The number of likely N-dealkylation sites (N-methyl/N-ethyl adjacent to an activating group) is 1. The van der Waals surface area contributed by atoms with Crippen LogP contribution in [0.15, 0.2) is 48.7 Å². The maximum atomic E-state index is 14.1. The van der Waals surface area contributed by atoms with E-state index in [4.69, 9.17) is 4.74 Å². The number of aromatic nitrogens is 1. The molecule has 1 aliphatic carbocycles. The van der Waals surface area contributed by atoms with Crippen LogP contribution in [0.25, 0.3) is 0 Å². The molecule has 0 saturated heterocycles. The van der Waals surface area contributed by atoms with Gasteiger partial charge < -0.3 is 15.4 Å². The van der Waals surface area contributed by atoms with E-state index in [1.54, 1.807) is 31.4 Å². The largest absolute Gasteiger partial charge is 0.424 e. The molecule has 0 radical (unpaired) electrons. The van der Waals surface area contributed by atoms with E-state index in [1.807, 2.05) is 31.2 Å². The average Bonchev–Trinajstić information content (AvgIpc) is 3.26. The van der Waals surface area contributed by atoms with Crippen LogP contribution in [0.2, 0.25) is 0 Å². The van der Waals surface area contributed by atoms with Gasteiger partial charge in [0.15, 0.2) is 6.23 Å². The molecule has 2 aromatic rings.